The Morgan fingerprint density at radius 1 is 1.29 bits per heavy atom. The highest BCUT2D eigenvalue weighted by Crippen LogP contribution is 2.29. The Kier molecular flexibility index (Phi) is 5.32. The summed E-state index contributed by atoms with van der Waals surface area (Å²) in [4.78, 5) is 0. The van der Waals surface area contributed by atoms with Gasteiger partial charge in [0, 0.05) is 0 Å². The van der Waals surface area contributed by atoms with Gasteiger partial charge in [-0.1, -0.05) is 26.7 Å². The van der Waals surface area contributed by atoms with Crippen LogP contribution in [0.25, 0.3) is 0 Å². The highest BCUT2D eigenvalue weighted by Gasteiger charge is 2.17. The Morgan fingerprint density at radius 2 is 1.93 bits per heavy atom. The van der Waals surface area contributed by atoms with Gasteiger partial charge in [0.15, 0.2) is 0 Å². The van der Waals surface area contributed by atoms with Gasteiger partial charge < -0.3 is 5.73 Å². The molecule has 0 bridgehead atoms. The van der Waals surface area contributed by atoms with Crippen molar-refractivity contribution in [3.05, 3.63) is 0 Å². The van der Waals surface area contributed by atoms with Crippen molar-refractivity contribution >= 4 is 11.8 Å². The van der Waals surface area contributed by atoms with Crippen molar-refractivity contribution in [3.63, 3.8) is 0 Å². The molecule has 1 aliphatic rings. The van der Waals surface area contributed by atoms with Gasteiger partial charge in [-0.3, -0.25) is 0 Å². The molecule has 0 saturated heterocycles. The number of hydrogen-bond donors (Lipinski definition) is 1. The van der Waals surface area contributed by atoms with E-state index >= 15 is 0 Å². The topological polar surface area (TPSA) is 26.0 Å². The maximum Gasteiger partial charge on any atom is -0.00255 e. The largest absolute Gasteiger partial charge is 0.330 e. The first-order valence-corrected chi connectivity index (χ1v) is 7.07. The van der Waals surface area contributed by atoms with Crippen molar-refractivity contribution in [1.29, 1.82) is 0 Å². The van der Waals surface area contributed by atoms with Crippen LogP contribution in [0.15, 0.2) is 0 Å². The van der Waals surface area contributed by atoms with Crippen molar-refractivity contribution in [2.45, 2.75) is 46.0 Å². The monoisotopic (exact) mass is 215 g/mol. The summed E-state index contributed by atoms with van der Waals surface area (Å²) in [5.74, 6) is 3.71. The summed E-state index contributed by atoms with van der Waals surface area (Å²) < 4.78 is 0. The molecule has 84 valence electrons. The highest BCUT2D eigenvalue weighted by atomic mass is 32.2. The molecule has 1 nitrogen and oxygen atoms in total. The molecule has 0 heterocycles. The molecule has 2 heteroatoms. The lowest BCUT2D eigenvalue weighted by atomic mass is 9.91. The lowest BCUT2D eigenvalue weighted by molar-refractivity contribution is 0.368. The predicted octanol–water partition coefficient (Wildman–Crippen LogP) is 3.28. The van der Waals surface area contributed by atoms with E-state index in [2.05, 4.69) is 25.6 Å². The van der Waals surface area contributed by atoms with Crippen LogP contribution >= 0.6 is 11.8 Å². The number of hydrogen-bond acceptors (Lipinski definition) is 2. The Balaban J connectivity index is 1.98. The highest BCUT2D eigenvalue weighted by molar-refractivity contribution is 7.99. The number of nitrogens with two attached hydrogens (primary N) is 1. The summed E-state index contributed by atoms with van der Waals surface area (Å²) in [5, 5.41) is 0. The molecule has 0 aromatic heterocycles. The standard InChI is InChI=1S/C12H25NS/c1-12(2,10-13)7-8-14-9-11-5-3-4-6-11/h11H,3-10,13H2,1-2H3. The first-order chi connectivity index (χ1) is 6.64. The minimum atomic E-state index is 0.350. The molecular weight excluding hydrogens is 190 g/mol. The van der Waals surface area contributed by atoms with Gasteiger partial charge in [-0.05, 0) is 48.6 Å². The Hall–Kier alpha value is 0.310. The molecule has 0 aliphatic heterocycles. The van der Waals surface area contributed by atoms with Crippen LogP contribution in [-0.2, 0) is 0 Å². The van der Waals surface area contributed by atoms with E-state index in [1.807, 2.05) is 0 Å². The van der Waals surface area contributed by atoms with Gasteiger partial charge in [0.25, 0.3) is 0 Å². The van der Waals surface area contributed by atoms with E-state index in [1.54, 1.807) is 0 Å². The third-order valence-corrected chi connectivity index (χ3v) is 4.50. The maximum atomic E-state index is 5.70. The summed E-state index contributed by atoms with van der Waals surface area (Å²) in [6.45, 7) is 5.35. The van der Waals surface area contributed by atoms with Gasteiger partial charge in [0.05, 0.1) is 0 Å². The van der Waals surface area contributed by atoms with Crippen LogP contribution in [0.5, 0.6) is 0 Å². The molecule has 0 aromatic carbocycles. The average Bonchev–Trinajstić information content (AvgIpc) is 2.65. The van der Waals surface area contributed by atoms with E-state index in [0.717, 1.165) is 12.5 Å². The number of rotatable bonds is 6. The molecule has 1 rings (SSSR count). The molecule has 0 unspecified atom stereocenters. The molecule has 0 aromatic rings. The van der Waals surface area contributed by atoms with Crippen molar-refractivity contribution in [3.8, 4) is 0 Å². The summed E-state index contributed by atoms with van der Waals surface area (Å²) in [5.41, 5.74) is 6.05. The Morgan fingerprint density at radius 3 is 2.50 bits per heavy atom. The second-order valence-electron chi connectivity index (χ2n) is 5.34. The third-order valence-electron chi connectivity index (χ3n) is 3.30. The van der Waals surface area contributed by atoms with Crippen molar-refractivity contribution < 1.29 is 0 Å². The fraction of sp³-hybridized carbons (Fsp3) is 1.00. The smallest absolute Gasteiger partial charge is 0.00255 e. The average molecular weight is 215 g/mol. The molecule has 1 saturated carbocycles. The SMILES string of the molecule is CC(C)(CN)CCSCC1CCCC1. The third kappa shape index (κ3) is 4.70. The molecule has 1 aliphatic carbocycles. The number of thioether (sulfide) groups is 1. The second kappa shape index (κ2) is 6.02. The van der Waals surface area contributed by atoms with Gasteiger partial charge in [0.1, 0.15) is 0 Å². The quantitative estimate of drug-likeness (QED) is 0.688. The van der Waals surface area contributed by atoms with Gasteiger partial charge in [-0.2, -0.15) is 11.8 Å². The summed E-state index contributed by atoms with van der Waals surface area (Å²) in [6.07, 6.45) is 7.17. The minimum absolute atomic E-state index is 0.350. The van der Waals surface area contributed by atoms with Crippen LogP contribution < -0.4 is 5.73 Å². The zero-order valence-electron chi connectivity index (χ0n) is 9.72. The summed E-state index contributed by atoms with van der Waals surface area (Å²) in [7, 11) is 0. The minimum Gasteiger partial charge on any atom is -0.330 e. The van der Waals surface area contributed by atoms with Gasteiger partial charge >= 0.3 is 0 Å². The van der Waals surface area contributed by atoms with Crippen LogP contribution in [0, 0.1) is 11.3 Å². The van der Waals surface area contributed by atoms with Crippen LogP contribution in [0.2, 0.25) is 0 Å². The second-order valence-corrected chi connectivity index (χ2v) is 6.49. The van der Waals surface area contributed by atoms with E-state index in [-0.39, 0.29) is 0 Å². The van der Waals surface area contributed by atoms with E-state index in [9.17, 15) is 0 Å². The predicted molar refractivity (Wildman–Crippen MR) is 66.7 cm³/mol. The van der Waals surface area contributed by atoms with Crippen molar-refractivity contribution in [2.24, 2.45) is 17.1 Å². The zero-order valence-corrected chi connectivity index (χ0v) is 10.5. The van der Waals surface area contributed by atoms with E-state index in [4.69, 9.17) is 5.73 Å². The van der Waals surface area contributed by atoms with Crippen molar-refractivity contribution in [1.82, 2.24) is 0 Å². The molecule has 2 N–H and O–H groups in total. The zero-order chi connectivity index (χ0) is 10.4. The van der Waals surface area contributed by atoms with Gasteiger partial charge in [-0.15, -0.1) is 0 Å². The molecule has 1 fully saturated rings. The normalized spacial score (nSPS) is 19.1. The van der Waals surface area contributed by atoms with E-state index in [1.165, 1.54) is 43.6 Å². The molecule has 0 amide bonds. The van der Waals surface area contributed by atoms with Crippen LogP contribution in [0.3, 0.4) is 0 Å². The van der Waals surface area contributed by atoms with Gasteiger partial charge in [0.2, 0.25) is 0 Å². The molecule has 0 spiro atoms. The fourth-order valence-corrected chi connectivity index (χ4v) is 3.41. The molecule has 0 atom stereocenters. The Labute approximate surface area is 93.2 Å². The first kappa shape index (κ1) is 12.4. The van der Waals surface area contributed by atoms with E-state index in [0.29, 0.717) is 5.41 Å². The molecule has 14 heavy (non-hydrogen) atoms. The van der Waals surface area contributed by atoms with Crippen LogP contribution in [-0.4, -0.2) is 18.1 Å². The molecule has 0 radical (unpaired) electrons. The van der Waals surface area contributed by atoms with Crippen molar-refractivity contribution in [2.75, 3.05) is 18.1 Å². The lowest BCUT2D eigenvalue weighted by Gasteiger charge is -2.22. The summed E-state index contributed by atoms with van der Waals surface area (Å²) in [6, 6.07) is 0. The fourth-order valence-electron chi connectivity index (χ4n) is 1.88. The lowest BCUT2D eigenvalue weighted by Crippen LogP contribution is -2.24. The van der Waals surface area contributed by atoms with Gasteiger partial charge in [-0.25, -0.2) is 0 Å². The van der Waals surface area contributed by atoms with Crippen LogP contribution in [0.1, 0.15) is 46.0 Å². The van der Waals surface area contributed by atoms with Crippen LogP contribution in [0.4, 0.5) is 0 Å². The maximum absolute atomic E-state index is 5.70. The summed E-state index contributed by atoms with van der Waals surface area (Å²) >= 11 is 2.14. The van der Waals surface area contributed by atoms with E-state index < -0.39 is 0 Å². The first-order valence-electron chi connectivity index (χ1n) is 5.92. The molecular formula is C12H25NS. The Bertz CT molecular complexity index is 150.